The van der Waals surface area contributed by atoms with E-state index in [-0.39, 0.29) is 11.0 Å². The van der Waals surface area contributed by atoms with Crippen LogP contribution in [0.2, 0.25) is 0 Å². The monoisotopic (exact) mass is 476 g/mol. The zero-order valence-electron chi connectivity index (χ0n) is 16.5. The summed E-state index contributed by atoms with van der Waals surface area (Å²) in [5, 5.41) is 2.76. The van der Waals surface area contributed by atoms with Gasteiger partial charge in [-0.3, -0.25) is 4.79 Å². The minimum absolute atomic E-state index is 0.203. The van der Waals surface area contributed by atoms with Crippen LogP contribution < -0.4 is 10.6 Å². The summed E-state index contributed by atoms with van der Waals surface area (Å²) < 4.78 is 92.8. The van der Waals surface area contributed by atoms with Crippen molar-refractivity contribution in [3.8, 4) is 0 Å². The molecule has 1 atom stereocenters. The van der Waals surface area contributed by atoms with Gasteiger partial charge in [-0.15, -0.1) is 0 Å². The summed E-state index contributed by atoms with van der Waals surface area (Å²) in [5.74, 6) is -5.78. The van der Waals surface area contributed by atoms with Crippen LogP contribution in [-0.2, 0) is 15.7 Å². The number of esters is 1. The Hall–Kier alpha value is -3.84. The number of aromatic nitrogens is 2. The number of benzene rings is 1. The highest BCUT2D eigenvalue weighted by atomic mass is 19.4. The molecular weight excluding hydrogens is 462 g/mol. The third kappa shape index (κ3) is 4.68. The Labute approximate surface area is 180 Å². The Morgan fingerprint density at radius 1 is 1.00 bits per heavy atom. The molecule has 1 aromatic carbocycles. The van der Waals surface area contributed by atoms with Gasteiger partial charge < -0.3 is 19.8 Å². The summed E-state index contributed by atoms with van der Waals surface area (Å²) in [5.41, 5.74) is -6.47. The maximum atomic E-state index is 14.2. The van der Waals surface area contributed by atoms with Crippen molar-refractivity contribution in [2.45, 2.75) is 24.9 Å². The number of nitrogens with zero attached hydrogens (tertiary/aromatic N) is 2. The topological polar surface area (TPSA) is 106 Å². The predicted octanol–water partition coefficient (Wildman–Crippen LogP) is 3.91. The van der Waals surface area contributed by atoms with Crippen LogP contribution in [0.3, 0.4) is 0 Å². The number of furan rings is 1. The molecule has 0 aliphatic rings. The number of para-hydroxylation sites is 2. The second kappa shape index (κ2) is 8.60. The first-order chi connectivity index (χ1) is 15.4. The van der Waals surface area contributed by atoms with Gasteiger partial charge in [-0.05, 0) is 31.2 Å². The van der Waals surface area contributed by atoms with E-state index >= 15 is 0 Å². The summed E-state index contributed by atoms with van der Waals surface area (Å²) in [7, 11) is 0. The molecule has 1 unspecified atom stereocenters. The Balaban J connectivity index is 2.21. The van der Waals surface area contributed by atoms with Gasteiger partial charge in [-0.2, -0.15) is 26.3 Å². The number of hydrogen-bond acceptors (Lipinski definition) is 7. The quantitative estimate of drug-likeness (QED) is 0.316. The lowest BCUT2D eigenvalue weighted by molar-refractivity contribution is -0.205. The van der Waals surface area contributed by atoms with Gasteiger partial charge >= 0.3 is 24.0 Å². The van der Waals surface area contributed by atoms with Crippen molar-refractivity contribution in [2.24, 2.45) is 0 Å². The lowest BCUT2D eigenvalue weighted by Crippen LogP contribution is -2.69. The third-order valence-corrected chi connectivity index (χ3v) is 4.20. The average Bonchev–Trinajstić information content (AvgIpc) is 3.26. The highest BCUT2D eigenvalue weighted by Crippen LogP contribution is 2.38. The van der Waals surface area contributed by atoms with E-state index in [4.69, 9.17) is 4.42 Å². The number of fused-ring (bicyclic) bond motifs is 1. The van der Waals surface area contributed by atoms with E-state index in [0.29, 0.717) is 0 Å². The van der Waals surface area contributed by atoms with Crippen molar-refractivity contribution < 1.29 is 45.1 Å². The van der Waals surface area contributed by atoms with Crippen molar-refractivity contribution in [2.75, 3.05) is 11.9 Å². The van der Waals surface area contributed by atoms with Gasteiger partial charge in [0.05, 0.1) is 23.9 Å². The fourth-order valence-corrected chi connectivity index (χ4v) is 2.73. The molecule has 2 N–H and O–H groups in total. The molecule has 2 heterocycles. The molecule has 0 saturated carbocycles. The number of anilines is 1. The minimum Gasteiger partial charge on any atom is -0.463 e. The third-order valence-electron chi connectivity index (χ3n) is 4.20. The molecule has 0 bridgehead atoms. The van der Waals surface area contributed by atoms with Crippen LogP contribution in [0.4, 0.5) is 32.2 Å². The van der Waals surface area contributed by atoms with Crippen molar-refractivity contribution in [3.63, 3.8) is 0 Å². The second-order valence-electron chi connectivity index (χ2n) is 6.43. The van der Waals surface area contributed by atoms with Crippen LogP contribution in [0.15, 0.2) is 47.1 Å². The summed E-state index contributed by atoms with van der Waals surface area (Å²) in [6.45, 7) is 0.592. The fraction of sp³-hybridized carbons (Fsp3) is 0.263. The SMILES string of the molecule is CCOC(=O)C(NC(=O)c1ccco1)(Nc1nc2ccccc2nc1C(F)(F)F)C(F)(F)F. The summed E-state index contributed by atoms with van der Waals surface area (Å²) in [6, 6.07) is 7.26. The van der Waals surface area contributed by atoms with E-state index in [0.717, 1.165) is 12.3 Å². The summed E-state index contributed by atoms with van der Waals surface area (Å²) in [6.07, 6.45) is -9.99. The normalized spacial score (nSPS) is 13.9. The Morgan fingerprint density at radius 3 is 2.15 bits per heavy atom. The average molecular weight is 476 g/mol. The van der Waals surface area contributed by atoms with Crippen LogP contribution >= 0.6 is 0 Å². The van der Waals surface area contributed by atoms with Crippen LogP contribution in [0, 0.1) is 0 Å². The minimum atomic E-state index is -5.70. The molecule has 176 valence electrons. The molecule has 14 heteroatoms. The van der Waals surface area contributed by atoms with Gasteiger partial charge in [0.25, 0.3) is 5.91 Å². The fourth-order valence-electron chi connectivity index (χ4n) is 2.73. The number of hydrogen-bond donors (Lipinski definition) is 2. The number of carbonyl (C=O) groups excluding carboxylic acids is 2. The molecule has 3 aromatic rings. The van der Waals surface area contributed by atoms with E-state index in [1.165, 1.54) is 47.9 Å². The van der Waals surface area contributed by atoms with Crippen LogP contribution in [0.25, 0.3) is 11.0 Å². The maximum absolute atomic E-state index is 14.2. The Kier molecular flexibility index (Phi) is 6.20. The van der Waals surface area contributed by atoms with Gasteiger partial charge in [0.1, 0.15) is 0 Å². The second-order valence-corrected chi connectivity index (χ2v) is 6.43. The first-order valence-electron chi connectivity index (χ1n) is 9.11. The molecular formula is C19H14F6N4O4. The predicted molar refractivity (Wildman–Crippen MR) is 99.8 cm³/mol. The molecule has 0 aliphatic carbocycles. The van der Waals surface area contributed by atoms with Gasteiger partial charge in [0.15, 0.2) is 17.3 Å². The zero-order valence-corrected chi connectivity index (χ0v) is 16.5. The van der Waals surface area contributed by atoms with E-state index < -0.39 is 53.8 Å². The molecule has 0 radical (unpaired) electrons. The summed E-state index contributed by atoms with van der Waals surface area (Å²) >= 11 is 0. The van der Waals surface area contributed by atoms with Crippen molar-refractivity contribution >= 4 is 28.7 Å². The number of halogens is 6. The zero-order chi connectivity index (χ0) is 24.4. The van der Waals surface area contributed by atoms with Gasteiger partial charge in [-0.1, -0.05) is 12.1 Å². The van der Waals surface area contributed by atoms with Gasteiger partial charge in [0.2, 0.25) is 0 Å². The highest BCUT2D eigenvalue weighted by Gasteiger charge is 2.64. The highest BCUT2D eigenvalue weighted by molar-refractivity contribution is 5.98. The molecule has 33 heavy (non-hydrogen) atoms. The molecule has 3 rings (SSSR count). The number of ether oxygens (including phenoxy) is 1. The smallest absolute Gasteiger partial charge is 0.441 e. The van der Waals surface area contributed by atoms with E-state index in [9.17, 15) is 35.9 Å². The van der Waals surface area contributed by atoms with Crippen LogP contribution in [0.5, 0.6) is 0 Å². The van der Waals surface area contributed by atoms with E-state index in [1.54, 1.807) is 0 Å². The Bertz CT molecular complexity index is 1160. The molecule has 0 aliphatic heterocycles. The summed E-state index contributed by atoms with van der Waals surface area (Å²) in [4.78, 5) is 31.7. The lowest BCUT2D eigenvalue weighted by Gasteiger charge is -2.35. The van der Waals surface area contributed by atoms with Crippen molar-refractivity contribution in [1.29, 1.82) is 0 Å². The van der Waals surface area contributed by atoms with E-state index in [1.807, 2.05) is 0 Å². The lowest BCUT2D eigenvalue weighted by atomic mass is 10.1. The van der Waals surface area contributed by atoms with Crippen LogP contribution in [-0.4, -0.2) is 40.3 Å². The van der Waals surface area contributed by atoms with Crippen molar-refractivity contribution in [3.05, 3.63) is 54.1 Å². The maximum Gasteiger partial charge on any atom is 0.441 e. The van der Waals surface area contributed by atoms with Gasteiger partial charge in [0, 0.05) is 0 Å². The first kappa shape index (κ1) is 23.8. The number of carbonyl (C=O) groups is 2. The molecule has 0 saturated heterocycles. The molecule has 2 aromatic heterocycles. The standard InChI is InChI=1S/C19H14F6N4O4/c1-2-32-16(31)17(19(23,24)25,29-15(30)12-8-5-9-33-12)28-14-13(18(20,21)22)26-10-6-3-4-7-11(10)27-14/h3-9H,2H2,1H3,(H,27,28)(H,29,30). The van der Waals surface area contributed by atoms with E-state index in [2.05, 4.69) is 14.7 Å². The molecule has 1 amide bonds. The Morgan fingerprint density at radius 2 is 1.64 bits per heavy atom. The number of amides is 1. The number of nitrogens with one attached hydrogen (secondary N) is 2. The number of alkyl halides is 6. The van der Waals surface area contributed by atoms with Crippen LogP contribution in [0.1, 0.15) is 23.2 Å². The molecule has 0 fully saturated rings. The largest absolute Gasteiger partial charge is 0.463 e. The number of rotatable bonds is 6. The van der Waals surface area contributed by atoms with Gasteiger partial charge in [-0.25, -0.2) is 14.8 Å². The van der Waals surface area contributed by atoms with Crippen molar-refractivity contribution in [1.82, 2.24) is 15.3 Å². The molecule has 8 nitrogen and oxygen atoms in total. The molecule has 0 spiro atoms. The first-order valence-corrected chi connectivity index (χ1v) is 9.11.